The minimum absolute atomic E-state index is 0.143. The van der Waals surface area contributed by atoms with Crippen LogP contribution in [0.25, 0.3) is 0 Å². The lowest BCUT2D eigenvalue weighted by Crippen LogP contribution is -2.38. The Morgan fingerprint density at radius 2 is 1.81 bits per heavy atom. The SMILES string of the molecule is O=C(NC1CC2CCC1C2)c1cccc(S(=O)(=O)N2CCCCCC2)c1. The quantitative estimate of drug-likeness (QED) is 0.878. The normalized spacial score (nSPS) is 29.5. The Bertz CT molecular complexity index is 769. The molecule has 1 aromatic carbocycles. The minimum atomic E-state index is -3.52. The lowest BCUT2D eigenvalue weighted by Gasteiger charge is -2.23. The number of benzene rings is 1. The summed E-state index contributed by atoms with van der Waals surface area (Å²) in [6.07, 6.45) is 8.78. The number of nitrogens with one attached hydrogen (secondary N) is 1. The van der Waals surface area contributed by atoms with Gasteiger partial charge in [-0.2, -0.15) is 4.31 Å². The second kappa shape index (κ2) is 7.31. The number of nitrogens with zero attached hydrogens (tertiary/aromatic N) is 1. The Balaban J connectivity index is 1.49. The van der Waals surface area contributed by atoms with Gasteiger partial charge in [0.1, 0.15) is 0 Å². The molecule has 1 aromatic rings. The van der Waals surface area contributed by atoms with Crippen molar-refractivity contribution in [2.24, 2.45) is 11.8 Å². The molecule has 1 amide bonds. The Labute approximate surface area is 156 Å². The molecule has 3 unspecified atom stereocenters. The molecule has 2 aliphatic carbocycles. The van der Waals surface area contributed by atoms with Crippen LogP contribution in [-0.4, -0.2) is 37.8 Å². The maximum Gasteiger partial charge on any atom is 0.251 e. The smallest absolute Gasteiger partial charge is 0.251 e. The van der Waals surface area contributed by atoms with Crippen LogP contribution in [0.15, 0.2) is 29.2 Å². The lowest BCUT2D eigenvalue weighted by molar-refractivity contribution is 0.0922. The summed E-state index contributed by atoms with van der Waals surface area (Å²) >= 11 is 0. The molecular formula is C20H28N2O3S. The zero-order valence-corrected chi connectivity index (χ0v) is 16.0. The van der Waals surface area contributed by atoms with Crippen molar-refractivity contribution in [1.29, 1.82) is 0 Å². The minimum Gasteiger partial charge on any atom is -0.349 e. The van der Waals surface area contributed by atoms with Crippen LogP contribution in [0.1, 0.15) is 61.7 Å². The van der Waals surface area contributed by atoms with Gasteiger partial charge < -0.3 is 5.32 Å². The fourth-order valence-electron chi connectivity index (χ4n) is 4.90. The van der Waals surface area contributed by atoms with Gasteiger partial charge >= 0.3 is 0 Å². The number of hydrogen-bond donors (Lipinski definition) is 1. The Morgan fingerprint density at radius 3 is 2.46 bits per heavy atom. The van der Waals surface area contributed by atoms with Gasteiger partial charge in [0.05, 0.1) is 4.90 Å². The summed E-state index contributed by atoms with van der Waals surface area (Å²) < 4.78 is 27.5. The second-order valence-corrected chi connectivity index (χ2v) is 10.0. The third kappa shape index (κ3) is 3.54. The number of carbonyl (C=O) groups excluding carboxylic acids is 1. The average Bonchev–Trinajstić information content (AvgIpc) is 3.14. The predicted molar refractivity (Wildman–Crippen MR) is 100 cm³/mol. The number of carbonyl (C=O) groups is 1. The van der Waals surface area contributed by atoms with E-state index in [1.807, 2.05) is 0 Å². The number of hydrogen-bond acceptors (Lipinski definition) is 3. The van der Waals surface area contributed by atoms with Gasteiger partial charge in [0.2, 0.25) is 10.0 Å². The third-order valence-corrected chi connectivity index (χ3v) is 8.25. The monoisotopic (exact) mass is 376 g/mol. The Morgan fingerprint density at radius 1 is 1.04 bits per heavy atom. The van der Waals surface area contributed by atoms with E-state index in [2.05, 4.69) is 5.32 Å². The van der Waals surface area contributed by atoms with Gasteiger partial charge in [-0.05, 0) is 62.1 Å². The lowest BCUT2D eigenvalue weighted by atomic mass is 9.95. The number of rotatable bonds is 4. The van der Waals surface area contributed by atoms with E-state index in [4.69, 9.17) is 0 Å². The van der Waals surface area contributed by atoms with E-state index < -0.39 is 10.0 Å². The number of amides is 1. The van der Waals surface area contributed by atoms with Crippen LogP contribution in [-0.2, 0) is 10.0 Å². The molecule has 0 radical (unpaired) electrons. The molecule has 3 fully saturated rings. The van der Waals surface area contributed by atoms with Gasteiger partial charge in [-0.3, -0.25) is 4.79 Å². The van der Waals surface area contributed by atoms with Crippen molar-refractivity contribution in [2.75, 3.05) is 13.1 Å². The van der Waals surface area contributed by atoms with Crippen LogP contribution in [0.2, 0.25) is 0 Å². The topological polar surface area (TPSA) is 66.5 Å². The summed E-state index contributed by atoms with van der Waals surface area (Å²) in [5.41, 5.74) is 0.448. The second-order valence-electron chi connectivity index (χ2n) is 8.10. The Kier molecular flexibility index (Phi) is 5.06. The fraction of sp³-hybridized carbons (Fsp3) is 0.650. The molecule has 1 heterocycles. The average molecular weight is 377 g/mol. The molecule has 0 spiro atoms. The van der Waals surface area contributed by atoms with Gasteiger partial charge in [-0.25, -0.2) is 8.42 Å². The van der Waals surface area contributed by atoms with Crippen molar-refractivity contribution in [3.05, 3.63) is 29.8 Å². The van der Waals surface area contributed by atoms with E-state index in [0.29, 0.717) is 24.6 Å². The van der Waals surface area contributed by atoms with Crippen LogP contribution in [0.4, 0.5) is 0 Å². The summed E-state index contributed by atoms with van der Waals surface area (Å²) in [5.74, 6) is 1.23. The summed E-state index contributed by atoms with van der Waals surface area (Å²) in [6.45, 7) is 1.15. The highest BCUT2D eigenvalue weighted by atomic mass is 32.2. The first-order valence-corrected chi connectivity index (χ1v) is 11.4. The van der Waals surface area contributed by atoms with Crippen LogP contribution in [0, 0.1) is 11.8 Å². The van der Waals surface area contributed by atoms with E-state index >= 15 is 0 Å². The standard InChI is InChI=1S/C20H28N2O3S/c23-20(21-19-13-15-8-9-16(19)12-15)17-6-5-7-18(14-17)26(24,25)22-10-3-1-2-4-11-22/h5-7,14-16,19H,1-4,8-13H2,(H,21,23). The first kappa shape index (κ1) is 18.0. The van der Waals surface area contributed by atoms with Crippen molar-refractivity contribution in [1.82, 2.24) is 9.62 Å². The summed E-state index contributed by atoms with van der Waals surface area (Å²) in [5, 5.41) is 3.15. The zero-order chi connectivity index (χ0) is 18.1. The van der Waals surface area contributed by atoms with Crippen molar-refractivity contribution < 1.29 is 13.2 Å². The maximum absolute atomic E-state index is 13.0. The van der Waals surface area contributed by atoms with Crippen LogP contribution in [0.3, 0.4) is 0 Å². The molecule has 142 valence electrons. The van der Waals surface area contributed by atoms with Crippen molar-refractivity contribution in [3.8, 4) is 0 Å². The number of sulfonamides is 1. The molecule has 6 heteroatoms. The van der Waals surface area contributed by atoms with E-state index in [-0.39, 0.29) is 16.8 Å². The highest BCUT2D eigenvalue weighted by molar-refractivity contribution is 7.89. The van der Waals surface area contributed by atoms with Crippen LogP contribution >= 0.6 is 0 Å². The predicted octanol–water partition coefficient (Wildman–Crippen LogP) is 3.17. The molecule has 3 atom stereocenters. The van der Waals surface area contributed by atoms with E-state index in [1.165, 1.54) is 19.3 Å². The number of fused-ring (bicyclic) bond motifs is 2. The van der Waals surface area contributed by atoms with Crippen molar-refractivity contribution in [3.63, 3.8) is 0 Å². The molecular weight excluding hydrogens is 348 g/mol. The molecule has 3 aliphatic rings. The molecule has 2 bridgehead atoms. The zero-order valence-electron chi connectivity index (χ0n) is 15.2. The molecule has 1 aliphatic heterocycles. The first-order valence-electron chi connectivity index (χ1n) is 9.95. The molecule has 1 N–H and O–H groups in total. The highest BCUT2D eigenvalue weighted by Crippen LogP contribution is 2.44. The molecule has 4 rings (SSSR count). The first-order chi connectivity index (χ1) is 12.5. The molecule has 0 aromatic heterocycles. The van der Waals surface area contributed by atoms with Crippen LogP contribution < -0.4 is 5.32 Å². The summed E-state index contributed by atoms with van der Waals surface area (Å²) in [7, 11) is -3.52. The Hall–Kier alpha value is -1.40. The van der Waals surface area contributed by atoms with E-state index in [9.17, 15) is 13.2 Å². The van der Waals surface area contributed by atoms with E-state index in [0.717, 1.165) is 38.0 Å². The van der Waals surface area contributed by atoms with Gasteiger partial charge in [-0.1, -0.05) is 25.3 Å². The van der Waals surface area contributed by atoms with Crippen molar-refractivity contribution >= 4 is 15.9 Å². The van der Waals surface area contributed by atoms with E-state index in [1.54, 1.807) is 28.6 Å². The van der Waals surface area contributed by atoms with Gasteiger partial charge in [-0.15, -0.1) is 0 Å². The molecule has 26 heavy (non-hydrogen) atoms. The van der Waals surface area contributed by atoms with Crippen molar-refractivity contribution in [2.45, 2.75) is 62.3 Å². The summed E-state index contributed by atoms with van der Waals surface area (Å²) in [4.78, 5) is 12.9. The maximum atomic E-state index is 13.0. The molecule has 5 nitrogen and oxygen atoms in total. The largest absolute Gasteiger partial charge is 0.349 e. The summed E-state index contributed by atoms with van der Waals surface area (Å²) in [6, 6.07) is 6.80. The highest BCUT2D eigenvalue weighted by Gasteiger charge is 2.40. The fourth-order valence-corrected chi connectivity index (χ4v) is 6.47. The molecule has 2 saturated carbocycles. The van der Waals surface area contributed by atoms with Crippen LogP contribution in [0.5, 0.6) is 0 Å². The van der Waals surface area contributed by atoms with Gasteiger partial charge in [0.25, 0.3) is 5.91 Å². The van der Waals surface area contributed by atoms with Gasteiger partial charge in [0.15, 0.2) is 0 Å². The molecule has 1 saturated heterocycles. The third-order valence-electron chi connectivity index (χ3n) is 6.35. The van der Waals surface area contributed by atoms with Gasteiger partial charge in [0, 0.05) is 24.7 Å².